The van der Waals surface area contributed by atoms with Crippen LogP contribution in [0.25, 0.3) is 0 Å². The summed E-state index contributed by atoms with van der Waals surface area (Å²) in [5, 5.41) is -0.606. The number of hydrogen-bond donors (Lipinski definition) is 1. The average Bonchev–Trinajstić information content (AvgIpc) is 2.15. The van der Waals surface area contributed by atoms with Crippen LogP contribution < -0.4 is 0 Å². The summed E-state index contributed by atoms with van der Waals surface area (Å²) < 4.78 is 31.5. The van der Waals surface area contributed by atoms with Crippen molar-refractivity contribution in [1.29, 1.82) is 0 Å². The van der Waals surface area contributed by atoms with E-state index in [0.717, 1.165) is 12.8 Å². The van der Waals surface area contributed by atoms with Crippen molar-refractivity contribution < 1.29 is 13.0 Å². The fourth-order valence-electron chi connectivity index (χ4n) is 1.90. The Morgan fingerprint density at radius 2 is 1.94 bits per heavy atom. The lowest BCUT2D eigenvalue weighted by Gasteiger charge is -2.17. The van der Waals surface area contributed by atoms with Crippen LogP contribution in [-0.2, 0) is 10.1 Å². The fraction of sp³-hybridized carbons (Fsp3) is 0.833. The predicted octanol–water partition coefficient (Wildman–Crippen LogP) is 3.43. The second-order valence-electron chi connectivity index (χ2n) is 4.41. The van der Waals surface area contributed by atoms with Gasteiger partial charge in [-0.1, -0.05) is 38.8 Å². The highest BCUT2D eigenvalue weighted by molar-refractivity contribution is 7.86. The zero-order valence-electron chi connectivity index (χ0n) is 10.5. The van der Waals surface area contributed by atoms with Crippen LogP contribution >= 0.6 is 0 Å². The maximum Gasteiger partial charge on any atom is 0.267 e. The van der Waals surface area contributed by atoms with E-state index in [0.29, 0.717) is 25.2 Å². The lowest BCUT2D eigenvalue weighted by atomic mass is 9.98. The van der Waals surface area contributed by atoms with Crippen molar-refractivity contribution in [3.63, 3.8) is 0 Å². The van der Waals surface area contributed by atoms with Gasteiger partial charge in [0.15, 0.2) is 0 Å². The molecule has 96 valence electrons. The molecule has 0 aliphatic carbocycles. The minimum Gasteiger partial charge on any atom is -0.285 e. The third-order valence-electron chi connectivity index (χ3n) is 2.76. The van der Waals surface area contributed by atoms with E-state index in [1.807, 2.05) is 26.0 Å². The maximum atomic E-state index is 11.2. The van der Waals surface area contributed by atoms with Gasteiger partial charge in [-0.15, -0.1) is 0 Å². The molecule has 16 heavy (non-hydrogen) atoms. The highest BCUT2D eigenvalue weighted by atomic mass is 32.2. The molecule has 0 aromatic heterocycles. The van der Waals surface area contributed by atoms with E-state index in [1.165, 1.54) is 0 Å². The third kappa shape index (κ3) is 7.01. The van der Waals surface area contributed by atoms with Crippen LogP contribution in [0.2, 0.25) is 0 Å². The molecule has 2 atom stereocenters. The summed E-state index contributed by atoms with van der Waals surface area (Å²) in [6.07, 6.45) is 7.67. The molecule has 0 aromatic carbocycles. The predicted molar refractivity (Wildman–Crippen MR) is 68.1 cm³/mol. The number of hydrogen-bond acceptors (Lipinski definition) is 2. The minimum absolute atomic E-state index is 0.350. The van der Waals surface area contributed by atoms with E-state index >= 15 is 0 Å². The molecule has 2 unspecified atom stereocenters. The summed E-state index contributed by atoms with van der Waals surface area (Å²) in [7, 11) is -3.89. The van der Waals surface area contributed by atoms with Gasteiger partial charge in [-0.2, -0.15) is 8.42 Å². The largest absolute Gasteiger partial charge is 0.285 e. The summed E-state index contributed by atoms with van der Waals surface area (Å²) in [4.78, 5) is 0. The third-order valence-corrected chi connectivity index (χ3v) is 4.03. The van der Waals surface area contributed by atoms with Crippen LogP contribution in [-0.4, -0.2) is 18.2 Å². The van der Waals surface area contributed by atoms with Crippen molar-refractivity contribution in [2.24, 2.45) is 5.92 Å². The Balaban J connectivity index is 4.33. The number of allylic oxidation sites excluding steroid dienone is 2. The molecule has 0 heterocycles. The average molecular weight is 248 g/mol. The van der Waals surface area contributed by atoms with Crippen LogP contribution in [0.1, 0.15) is 52.9 Å². The maximum absolute atomic E-state index is 11.2. The second kappa shape index (κ2) is 7.85. The van der Waals surface area contributed by atoms with Gasteiger partial charge in [0.2, 0.25) is 0 Å². The van der Waals surface area contributed by atoms with E-state index < -0.39 is 15.4 Å². The number of rotatable bonds is 8. The summed E-state index contributed by atoms with van der Waals surface area (Å²) in [6.45, 7) is 6.03. The molecule has 0 aliphatic rings. The molecule has 0 amide bonds. The molecule has 0 aliphatic heterocycles. The lowest BCUT2D eigenvalue weighted by Crippen LogP contribution is -2.23. The van der Waals surface area contributed by atoms with Crippen molar-refractivity contribution in [3.05, 3.63) is 12.2 Å². The Labute approximate surface area is 99.7 Å². The minimum atomic E-state index is -3.89. The van der Waals surface area contributed by atoms with Crippen LogP contribution in [0, 0.1) is 5.92 Å². The molecule has 0 aromatic rings. The molecule has 3 nitrogen and oxygen atoms in total. The topological polar surface area (TPSA) is 54.4 Å². The first kappa shape index (κ1) is 15.7. The molecular formula is C12H24O3S. The Morgan fingerprint density at radius 1 is 1.31 bits per heavy atom. The van der Waals surface area contributed by atoms with Crippen LogP contribution in [0.15, 0.2) is 12.2 Å². The molecule has 0 saturated heterocycles. The molecule has 0 fully saturated rings. The Kier molecular flexibility index (Phi) is 7.68. The molecule has 0 spiro atoms. The first-order valence-corrected chi connectivity index (χ1v) is 7.49. The first-order valence-electron chi connectivity index (χ1n) is 5.99. The van der Waals surface area contributed by atoms with Gasteiger partial charge >= 0.3 is 0 Å². The Morgan fingerprint density at radius 3 is 2.38 bits per heavy atom. The van der Waals surface area contributed by atoms with E-state index in [-0.39, 0.29) is 0 Å². The molecular weight excluding hydrogens is 224 g/mol. The van der Waals surface area contributed by atoms with Crippen molar-refractivity contribution in [3.8, 4) is 0 Å². The molecule has 4 heteroatoms. The molecule has 0 saturated carbocycles. The van der Waals surface area contributed by atoms with Crippen molar-refractivity contribution >= 4 is 10.1 Å². The van der Waals surface area contributed by atoms with E-state index in [4.69, 9.17) is 4.55 Å². The normalized spacial score (nSPS) is 16.5. The van der Waals surface area contributed by atoms with Crippen molar-refractivity contribution in [2.75, 3.05) is 0 Å². The molecule has 0 bridgehead atoms. The smallest absolute Gasteiger partial charge is 0.267 e. The van der Waals surface area contributed by atoms with Crippen LogP contribution in [0.3, 0.4) is 0 Å². The monoisotopic (exact) mass is 248 g/mol. The summed E-state index contributed by atoms with van der Waals surface area (Å²) in [6, 6.07) is 0. The van der Waals surface area contributed by atoms with E-state index in [2.05, 4.69) is 6.92 Å². The van der Waals surface area contributed by atoms with E-state index in [9.17, 15) is 8.42 Å². The zero-order chi connectivity index (χ0) is 12.6. The summed E-state index contributed by atoms with van der Waals surface area (Å²) in [5.41, 5.74) is 0. The Bertz CT molecular complexity index is 293. The second-order valence-corrected chi connectivity index (χ2v) is 6.11. The standard InChI is InChI=1S/C12H24O3S/c1-4-6-7-9-12(16(13,14)15)10-11(3)8-5-2/h4,6,11-12H,5,7-10H2,1-3H3,(H,13,14,15). The highest BCUT2D eigenvalue weighted by Crippen LogP contribution is 2.20. The quantitative estimate of drug-likeness (QED) is 0.529. The van der Waals surface area contributed by atoms with E-state index in [1.54, 1.807) is 0 Å². The van der Waals surface area contributed by atoms with Crippen molar-refractivity contribution in [1.82, 2.24) is 0 Å². The van der Waals surface area contributed by atoms with Crippen LogP contribution in [0.5, 0.6) is 0 Å². The van der Waals surface area contributed by atoms with Gasteiger partial charge < -0.3 is 0 Å². The molecule has 0 radical (unpaired) electrons. The summed E-state index contributed by atoms with van der Waals surface area (Å²) in [5.74, 6) is 0.350. The SMILES string of the molecule is CC=CCCC(CC(C)CCC)S(=O)(=O)O. The van der Waals surface area contributed by atoms with Crippen LogP contribution in [0.4, 0.5) is 0 Å². The van der Waals surface area contributed by atoms with Gasteiger partial charge in [0.05, 0.1) is 5.25 Å². The highest BCUT2D eigenvalue weighted by Gasteiger charge is 2.24. The van der Waals surface area contributed by atoms with Gasteiger partial charge in [0, 0.05) is 0 Å². The van der Waals surface area contributed by atoms with Gasteiger partial charge in [-0.05, 0) is 32.1 Å². The van der Waals surface area contributed by atoms with Gasteiger partial charge in [-0.3, -0.25) is 4.55 Å². The Hall–Kier alpha value is -0.350. The van der Waals surface area contributed by atoms with Gasteiger partial charge in [0.25, 0.3) is 10.1 Å². The van der Waals surface area contributed by atoms with Crippen molar-refractivity contribution in [2.45, 2.75) is 58.1 Å². The fourth-order valence-corrected chi connectivity index (χ4v) is 2.90. The first-order chi connectivity index (χ1) is 7.41. The molecule has 1 N–H and O–H groups in total. The molecule has 0 rings (SSSR count). The lowest BCUT2D eigenvalue weighted by molar-refractivity contribution is 0.416. The van der Waals surface area contributed by atoms with Gasteiger partial charge in [0.1, 0.15) is 0 Å². The summed E-state index contributed by atoms with van der Waals surface area (Å²) >= 11 is 0. The van der Waals surface area contributed by atoms with Gasteiger partial charge in [-0.25, -0.2) is 0 Å². The zero-order valence-corrected chi connectivity index (χ0v) is 11.3.